The van der Waals surface area contributed by atoms with E-state index in [-0.39, 0.29) is 5.78 Å². The van der Waals surface area contributed by atoms with Crippen molar-refractivity contribution in [3.8, 4) is 0 Å². The zero-order valence-corrected chi connectivity index (χ0v) is 9.25. The Bertz CT molecular complexity index is 431. The molecule has 0 spiro atoms. The molecule has 0 bridgehead atoms. The summed E-state index contributed by atoms with van der Waals surface area (Å²) in [5, 5.41) is 1.99. The first-order valence-corrected chi connectivity index (χ1v) is 5.64. The Hall–Kier alpha value is -1.41. The zero-order chi connectivity index (χ0) is 10.7. The first-order chi connectivity index (χ1) is 7.29. The maximum Gasteiger partial charge on any atom is 0.147 e. The van der Waals surface area contributed by atoms with Gasteiger partial charge in [-0.25, -0.2) is 0 Å². The van der Waals surface area contributed by atoms with Crippen LogP contribution in [0.1, 0.15) is 17.4 Å². The quantitative estimate of drug-likeness (QED) is 0.767. The van der Waals surface area contributed by atoms with Gasteiger partial charge in [-0.2, -0.15) is 0 Å². The van der Waals surface area contributed by atoms with Crippen molar-refractivity contribution in [2.24, 2.45) is 0 Å². The van der Waals surface area contributed by atoms with Crippen molar-refractivity contribution in [2.45, 2.75) is 6.92 Å². The third-order valence-electron chi connectivity index (χ3n) is 2.18. The van der Waals surface area contributed by atoms with Crippen molar-refractivity contribution in [3.05, 3.63) is 64.2 Å². The van der Waals surface area contributed by atoms with E-state index in [1.54, 1.807) is 18.3 Å². The second-order valence-electron chi connectivity index (χ2n) is 3.27. The van der Waals surface area contributed by atoms with Gasteiger partial charge in [-0.1, -0.05) is 36.4 Å². The van der Waals surface area contributed by atoms with Crippen LogP contribution in [0.15, 0.2) is 47.8 Å². The Kier molecular flexibility index (Phi) is 2.97. The zero-order valence-electron chi connectivity index (χ0n) is 8.44. The van der Waals surface area contributed by atoms with Gasteiger partial charge in [0.1, 0.15) is 11.7 Å². The third kappa shape index (κ3) is 2.16. The predicted molar refractivity (Wildman–Crippen MR) is 62.9 cm³/mol. The molecule has 0 fully saturated rings. The summed E-state index contributed by atoms with van der Waals surface area (Å²) in [5.41, 5.74) is 0.993. The molecule has 2 heteroatoms. The summed E-state index contributed by atoms with van der Waals surface area (Å²) in [4.78, 5) is 12.6. The summed E-state index contributed by atoms with van der Waals surface area (Å²) in [5.74, 6) is 0.925. The van der Waals surface area contributed by atoms with Gasteiger partial charge in [0, 0.05) is 4.88 Å². The number of ketones is 1. The number of hydrogen-bond donors (Lipinski definition) is 0. The van der Waals surface area contributed by atoms with Crippen LogP contribution < -0.4 is 0 Å². The number of carbonyl (C=O) groups excluding carboxylic acids is 1. The fraction of sp³-hybridized carbons (Fsp3) is 0.0769. The summed E-state index contributed by atoms with van der Waals surface area (Å²) < 4.78 is 0. The van der Waals surface area contributed by atoms with Gasteiger partial charge in [-0.15, -0.1) is 11.3 Å². The van der Waals surface area contributed by atoms with E-state index < -0.39 is 0 Å². The van der Waals surface area contributed by atoms with Crippen LogP contribution in [0.25, 0.3) is 0 Å². The fourth-order valence-electron chi connectivity index (χ4n) is 1.54. The molecule has 0 amide bonds. The van der Waals surface area contributed by atoms with Crippen molar-refractivity contribution < 1.29 is 4.79 Å². The molecule has 0 aliphatic heterocycles. The van der Waals surface area contributed by atoms with E-state index >= 15 is 0 Å². The highest BCUT2D eigenvalue weighted by Gasteiger charge is 2.20. The Morgan fingerprint density at radius 1 is 1.07 bits per heavy atom. The van der Waals surface area contributed by atoms with E-state index in [0.29, 0.717) is 0 Å². The largest absolute Gasteiger partial charge is 0.299 e. The van der Waals surface area contributed by atoms with E-state index in [0.717, 1.165) is 16.4 Å². The van der Waals surface area contributed by atoms with Crippen LogP contribution in [0, 0.1) is 5.92 Å². The van der Waals surface area contributed by atoms with Crippen LogP contribution in [0.2, 0.25) is 0 Å². The molecule has 1 radical (unpaired) electrons. The summed E-state index contributed by atoms with van der Waals surface area (Å²) >= 11 is 1.60. The van der Waals surface area contributed by atoms with Crippen LogP contribution in [0.4, 0.5) is 0 Å². The van der Waals surface area contributed by atoms with Gasteiger partial charge < -0.3 is 0 Å². The van der Waals surface area contributed by atoms with Gasteiger partial charge in [0.25, 0.3) is 0 Å². The van der Waals surface area contributed by atoms with Crippen LogP contribution in [0.5, 0.6) is 0 Å². The SMILES string of the molecule is CC(=O)[C](c1ccccc1)c1cccs1. The number of benzene rings is 1. The third-order valence-corrected chi connectivity index (χ3v) is 3.07. The standard InChI is InChI=1S/C13H11OS/c1-10(14)13(12-8-5-9-15-12)11-6-3-2-4-7-11/h2-9H,1H3. The molecule has 0 unspecified atom stereocenters. The molecule has 0 saturated carbocycles. The maximum atomic E-state index is 11.6. The average Bonchev–Trinajstić information content (AvgIpc) is 2.72. The summed E-state index contributed by atoms with van der Waals surface area (Å²) in [6, 6.07) is 13.7. The molecular weight excluding hydrogens is 204 g/mol. The van der Waals surface area contributed by atoms with Crippen LogP contribution in [0.3, 0.4) is 0 Å². The number of Topliss-reactive ketones (excluding diaryl/α,β-unsaturated/α-hetero) is 1. The minimum Gasteiger partial charge on any atom is -0.299 e. The minimum absolute atomic E-state index is 0.114. The summed E-state index contributed by atoms with van der Waals surface area (Å²) in [6.07, 6.45) is 0. The van der Waals surface area contributed by atoms with Gasteiger partial charge in [0.15, 0.2) is 0 Å². The molecular formula is C13H11OS. The maximum absolute atomic E-state index is 11.6. The van der Waals surface area contributed by atoms with E-state index in [2.05, 4.69) is 0 Å². The van der Waals surface area contributed by atoms with Gasteiger partial charge in [0.2, 0.25) is 0 Å². The molecule has 1 nitrogen and oxygen atoms in total. The highest BCUT2D eigenvalue weighted by Crippen LogP contribution is 2.27. The van der Waals surface area contributed by atoms with Gasteiger partial charge in [-0.3, -0.25) is 4.79 Å². The molecule has 0 aliphatic rings. The van der Waals surface area contributed by atoms with Crippen molar-refractivity contribution in [1.82, 2.24) is 0 Å². The topological polar surface area (TPSA) is 17.1 Å². The first-order valence-electron chi connectivity index (χ1n) is 4.76. The van der Waals surface area contributed by atoms with Crippen molar-refractivity contribution in [2.75, 3.05) is 0 Å². The van der Waals surface area contributed by atoms with Crippen molar-refractivity contribution in [3.63, 3.8) is 0 Å². The average molecular weight is 215 g/mol. The van der Waals surface area contributed by atoms with E-state index in [1.165, 1.54) is 0 Å². The molecule has 1 heterocycles. The monoisotopic (exact) mass is 215 g/mol. The lowest BCUT2D eigenvalue weighted by molar-refractivity contribution is -0.114. The second kappa shape index (κ2) is 4.41. The Morgan fingerprint density at radius 2 is 1.80 bits per heavy atom. The summed E-state index contributed by atoms with van der Waals surface area (Å²) in [7, 11) is 0. The molecule has 75 valence electrons. The number of rotatable bonds is 3. The van der Waals surface area contributed by atoms with Crippen LogP contribution in [-0.2, 0) is 4.79 Å². The normalized spacial score (nSPS) is 10.5. The van der Waals surface area contributed by atoms with Gasteiger partial charge in [-0.05, 0) is 23.9 Å². The van der Waals surface area contributed by atoms with E-state index in [9.17, 15) is 4.79 Å². The molecule has 0 saturated heterocycles. The van der Waals surface area contributed by atoms with Crippen molar-refractivity contribution in [1.29, 1.82) is 0 Å². The Balaban J connectivity index is 2.42. The molecule has 1 aromatic heterocycles. The first kappa shape index (κ1) is 10.1. The number of hydrogen-bond acceptors (Lipinski definition) is 2. The Morgan fingerprint density at radius 3 is 2.33 bits per heavy atom. The van der Waals surface area contributed by atoms with Crippen molar-refractivity contribution >= 4 is 17.1 Å². The highest BCUT2D eigenvalue weighted by atomic mass is 32.1. The molecule has 2 aromatic rings. The second-order valence-corrected chi connectivity index (χ2v) is 4.22. The van der Waals surface area contributed by atoms with E-state index in [1.807, 2.05) is 47.8 Å². The molecule has 1 aromatic carbocycles. The van der Waals surface area contributed by atoms with Gasteiger partial charge >= 0.3 is 0 Å². The smallest absolute Gasteiger partial charge is 0.147 e. The molecule has 2 rings (SSSR count). The lowest BCUT2D eigenvalue weighted by Gasteiger charge is -2.10. The highest BCUT2D eigenvalue weighted by molar-refractivity contribution is 7.10. The van der Waals surface area contributed by atoms with Gasteiger partial charge in [0.05, 0.1) is 0 Å². The minimum atomic E-state index is 0.114. The lowest BCUT2D eigenvalue weighted by atomic mass is 9.94. The molecule has 15 heavy (non-hydrogen) atoms. The fourth-order valence-corrected chi connectivity index (χ4v) is 2.38. The Labute approximate surface area is 93.4 Å². The van der Waals surface area contributed by atoms with E-state index in [4.69, 9.17) is 0 Å². The van der Waals surface area contributed by atoms with Crippen LogP contribution in [-0.4, -0.2) is 5.78 Å². The summed E-state index contributed by atoms with van der Waals surface area (Å²) in [6.45, 7) is 1.61. The molecule has 0 atom stereocenters. The predicted octanol–water partition coefficient (Wildman–Crippen LogP) is 3.31. The number of carbonyl (C=O) groups is 1. The lowest BCUT2D eigenvalue weighted by Crippen LogP contribution is -2.09. The van der Waals surface area contributed by atoms with Crippen LogP contribution >= 0.6 is 11.3 Å². The molecule has 0 aliphatic carbocycles. The number of thiophene rings is 1. The molecule has 0 N–H and O–H groups in total.